The van der Waals surface area contributed by atoms with E-state index in [1.807, 2.05) is 16.7 Å². The molecule has 5 unspecified atom stereocenters. The Morgan fingerprint density at radius 1 is 1.14 bits per heavy atom. The number of piperazine rings is 1. The normalized spacial score (nSPS) is 42.6. The van der Waals surface area contributed by atoms with E-state index in [0.29, 0.717) is 12.5 Å². The number of nitrogens with zero attached hydrogens (tertiary/aromatic N) is 2. The van der Waals surface area contributed by atoms with Crippen molar-refractivity contribution in [3.05, 3.63) is 0 Å². The minimum absolute atomic E-state index is 0.134. The highest BCUT2D eigenvalue weighted by Gasteiger charge is 2.53. The van der Waals surface area contributed by atoms with Crippen molar-refractivity contribution in [2.45, 2.75) is 82.2 Å². The third-order valence-corrected chi connectivity index (χ3v) is 5.76. The zero-order valence-electron chi connectivity index (χ0n) is 12.7. The van der Waals surface area contributed by atoms with Gasteiger partial charge in [-0.05, 0) is 44.9 Å². The van der Waals surface area contributed by atoms with E-state index in [2.05, 4.69) is 0 Å². The van der Waals surface area contributed by atoms with E-state index in [1.54, 1.807) is 0 Å². The van der Waals surface area contributed by atoms with Crippen LogP contribution in [0.1, 0.15) is 51.9 Å². The first-order chi connectivity index (χ1) is 10.2. The standard InChI is InChI=1S/C16H24N2O3/c1-2-11-15(19)17-8-4-3-5-12(17)16(20)18(11)13-9-10-6-7-14(13)21-10/h10-14H,2-9H2,1H3. The number of hydrogen-bond acceptors (Lipinski definition) is 3. The average Bonchev–Trinajstić information content (AvgIpc) is 3.13. The van der Waals surface area contributed by atoms with Crippen LogP contribution in [0.5, 0.6) is 0 Å². The highest BCUT2D eigenvalue weighted by Crippen LogP contribution is 2.40. The molecule has 21 heavy (non-hydrogen) atoms. The molecule has 0 aromatic carbocycles. The van der Waals surface area contributed by atoms with Gasteiger partial charge in [-0.15, -0.1) is 0 Å². The van der Waals surface area contributed by atoms with E-state index in [0.717, 1.165) is 45.1 Å². The fraction of sp³-hybridized carbons (Fsp3) is 0.875. The molecule has 5 nitrogen and oxygen atoms in total. The molecule has 5 heteroatoms. The summed E-state index contributed by atoms with van der Waals surface area (Å²) in [6.45, 7) is 2.77. The summed E-state index contributed by atoms with van der Waals surface area (Å²) in [4.78, 5) is 29.6. The first-order valence-corrected chi connectivity index (χ1v) is 8.48. The van der Waals surface area contributed by atoms with Crippen molar-refractivity contribution in [3.63, 3.8) is 0 Å². The summed E-state index contributed by atoms with van der Waals surface area (Å²) in [6.07, 6.45) is 7.18. The van der Waals surface area contributed by atoms with Crippen LogP contribution in [0, 0.1) is 0 Å². The number of amides is 2. The highest BCUT2D eigenvalue weighted by atomic mass is 16.5. The molecule has 0 aromatic rings. The van der Waals surface area contributed by atoms with Gasteiger partial charge in [0.1, 0.15) is 12.1 Å². The molecule has 2 amide bonds. The van der Waals surface area contributed by atoms with Crippen LogP contribution < -0.4 is 0 Å². The number of ether oxygens (including phenoxy) is 1. The first-order valence-electron chi connectivity index (χ1n) is 8.48. The van der Waals surface area contributed by atoms with Gasteiger partial charge in [0, 0.05) is 6.54 Å². The van der Waals surface area contributed by atoms with Crippen LogP contribution in [0.4, 0.5) is 0 Å². The van der Waals surface area contributed by atoms with E-state index in [4.69, 9.17) is 4.74 Å². The predicted octanol–water partition coefficient (Wildman–Crippen LogP) is 1.31. The Bertz CT molecular complexity index is 466. The lowest BCUT2D eigenvalue weighted by molar-refractivity contribution is -0.167. The quantitative estimate of drug-likeness (QED) is 0.771. The SMILES string of the molecule is CCC1C(=O)N2CCCCC2C(=O)N1C1CC2CCC1O2. The van der Waals surface area contributed by atoms with Gasteiger partial charge in [-0.25, -0.2) is 0 Å². The summed E-state index contributed by atoms with van der Waals surface area (Å²) < 4.78 is 5.93. The number of fused-ring (bicyclic) bond motifs is 3. The number of piperidine rings is 1. The van der Waals surface area contributed by atoms with Gasteiger partial charge in [-0.1, -0.05) is 6.92 Å². The topological polar surface area (TPSA) is 49.9 Å². The molecule has 0 N–H and O–H groups in total. The smallest absolute Gasteiger partial charge is 0.246 e. The molecular formula is C16H24N2O3. The van der Waals surface area contributed by atoms with Crippen molar-refractivity contribution in [1.82, 2.24) is 9.80 Å². The maximum Gasteiger partial charge on any atom is 0.246 e. The zero-order chi connectivity index (χ0) is 14.6. The molecule has 5 atom stereocenters. The number of carbonyl (C=O) groups is 2. The maximum absolute atomic E-state index is 13.0. The molecule has 0 radical (unpaired) electrons. The summed E-state index contributed by atoms with van der Waals surface area (Å²) in [5.74, 6) is 0.354. The Morgan fingerprint density at radius 3 is 2.67 bits per heavy atom. The van der Waals surface area contributed by atoms with Crippen LogP contribution in [0.25, 0.3) is 0 Å². The van der Waals surface area contributed by atoms with Crippen molar-refractivity contribution in [2.24, 2.45) is 0 Å². The van der Waals surface area contributed by atoms with Gasteiger partial charge >= 0.3 is 0 Å². The summed E-state index contributed by atoms with van der Waals surface area (Å²) in [6, 6.07) is -0.331. The molecule has 4 aliphatic rings. The highest BCUT2D eigenvalue weighted by molar-refractivity contribution is 5.97. The number of hydrogen-bond donors (Lipinski definition) is 0. The Balaban J connectivity index is 1.64. The molecule has 2 bridgehead atoms. The van der Waals surface area contributed by atoms with Gasteiger partial charge in [-0.3, -0.25) is 9.59 Å². The third-order valence-electron chi connectivity index (χ3n) is 5.76. The monoisotopic (exact) mass is 292 g/mol. The summed E-state index contributed by atoms with van der Waals surface area (Å²) in [5.41, 5.74) is 0. The summed E-state index contributed by atoms with van der Waals surface area (Å²) in [7, 11) is 0. The first kappa shape index (κ1) is 13.6. The van der Waals surface area contributed by atoms with Gasteiger partial charge in [0.25, 0.3) is 0 Å². The second kappa shape index (κ2) is 4.97. The van der Waals surface area contributed by atoms with Crippen molar-refractivity contribution in [3.8, 4) is 0 Å². The van der Waals surface area contributed by atoms with Crippen molar-refractivity contribution >= 4 is 11.8 Å². The largest absolute Gasteiger partial charge is 0.373 e. The fourth-order valence-corrected chi connectivity index (χ4v) is 4.76. The minimum Gasteiger partial charge on any atom is -0.373 e. The molecule has 116 valence electrons. The van der Waals surface area contributed by atoms with Gasteiger partial charge in [0.2, 0.25) is 11.8 Å². The van der Waals surface area contributed by atoms with Gasteiger partial charge in [0.15, 0.2) is 0 Å². The lowest BCUT2D eigenvalue weighted by atomic mass is 9.88. The van der Waals surface area contributed by atoms with Crippen LogP contribution in [-0.2, 0) is 14.3 Å². The van der Waals surface area contributed by atoms with E-state index in [9.17, 15) is 9.59 Å². The van der Waals surface area contributed by atoms with Gasteiger partial charge in [0.05, 0.1) is 18.2 Å². The zero-order valence-corrected chi connectivity index (χ0v) is 12.7. The van der Waals surface area contributed by atoms with Crippen molar-refractivity contribution in [1.29, 1.82) is 0 Å². The van der Waals surface area contributed by atoms with E-state index >= 15 is 0 Å². The summed E-state index contributed by atoms with van der Waals surface area (Å²) >= 11 is 0. The van der Waals surface area contributed by atoms with Crippen LogP contribution in [0.15, 0.2) is 0 Å². The number of rotatable bonds is 2. The molecule has 4 fully saturated rings. The molecule has 0 aliphatic carbocycles. The molecular weight excluding hydrogens is 268 g/mol. The average molecular weight is 292 g/mol. The van der Waals surface area contributed by atoms with Crippen molar-refractivity contribution < 1.29 is 14.3 Å². The Labute approximate surface area is 125 Å². The van der Waals surface area contributed by atoms with E-state index in [1.165, 1.54) is 0 Å². The lowest BCUT2D eigenvalue weighted by Crippen LogP contribution is -2.68. The summed E-state index contributed by atoms with van der Waals surface area (Å²) in [5, 5.41) is 0. The second-order valence-electron chi connectivity index (χ2n) is 6.89. The van der Waals surface area contributed by atoms with Crippen LogP contribution in [0.3, 0.4) is 0 Å². The second-order valence-corrected chi connectivity index (χ2v) is 6.89. The fourth-order valence-electron chi connectivity index (χ4n) is 4.76. The molecule has 0 spiro atoms. The predicted molar refractivity (Wildman–Crippen MR) is 76.6 cm³/mol. The van der Waals surface area contributed by atoms with Gasteiger partial charge in [-0.2, -0.15) is 0 Å². The lowest BCUT2D eigenvalue weighted by Gasteiger charge is -2.49. The Kier molecular flexibility index (Phi) is 3.21. The Morgan fingerprint density at radius 2 is 2.00 bits per heavy atom. The van der Waals surface area contributed by atoms with Crippen molar-refractivity contribution in [2.75, 3.05) is 6.54 Å². The molecule has 0 aromatic heterocycles. The molecule has 4 heterocycles. The molecule has 4 saturated heterocycles. The van der Waals surface area contributed by atoms with Crippen LogP contribution >= 0.6 is 0 Å². The molecule has 0 saturated carbocycles. The van der Waals surface area contributed by atoms with E-state index < -0.39 is 0 Å². The number of carbonyl (C=O) groups excluding carboxylic acids is 2. The minimum atomic E-state index is -0.264. The maximum atomic E-state index is 13.0. The van der Waals surface area contributed by atoms with Crippen LogP contribution in [0.2, 0.25) is 0 Å². The van der Waals surface area contributed by atoms with Gasteiger partial charge < -0.3 is 14.5 Å². The Hall–Kier alpha value is -1.10. The molecule has 4 aliphatic heterocycles. The molecule has 4 rings (SSSR count). The van der Waals surface area contributed by atoms with E-state index in [-0.39, 0.29) is 36.0 Å². The van der Waals surface area contributed by atoms with Crippen LogP contribution in [-0.4, -0.2) is 58.5 Å². The third kappa shape index (κ3) is 1.93.